The molecule has 8 aromatic carbocycles. The Morgan fingerprint density at radius 3 is 1.87 bits per heavy atom. The highest BCUT2D eigenvalue weighted by Crippen LogP contribution is 2.55. The molecule has 0 radical (unpaired) electrons. The van der Waals surface area contributed by atoms with E-state index in [0.717, 1.165) is 22.7 Å². The van der Waals surface area contributed by atoms with Crippen molar-refractivity contribution in [1.82, 2.24) is 4.57 Å². The van der Waals surface area contributed by atoms with E-state index in [2.05, 4.69) is 205 Å². The lowest BCUT2D eigenvalue weighted by atomic mass is 9.78. The van der Waals surface area contributed by atoms with Crippen molar-refractivity contribution in [3.05, 3.63) is 193 Å². The molecular weight excluding hydrogens is 673 g/mol. The molecule has 0 bridgehead atoms. The van der Waals surface area contributed by atoms with Gasteiger partial charge >= 0.3 is 0 Å². The molecule has 0 spiro atoms. The Labute approximate surface area is 318 Å². The molecule has 2 nitrogen and oxygen atoms in total. The van der Waals surface area contributed by atoms with Crippen molar-refractivity contribution in [3.63, 3.8) is 0 Å². The van der Waals surface area contributed by atoms with Crippen LogP contribution in [0.2, 0.25) is 0 Å². The van der Waals surface area contributed by atoms with Crippen molar-refractivity contribution in [3.8, 4) is 27.9 Å². The first-order valence-corrected chi connectivity index (χ1v) is 19.5. The van der Waals surface area contributed by atoms with Gasteiger partial charge in [0.05, 0.1) is 22.4 Å². The van der Waals surface area contributed by atoms with Gasteiger partial charge in [-0.05, 0) is 88.0 Å². The third-order valence-electron chi connectivity index (χ3n) is 11.5. The van der Waals surface area contributed by atoms with Crippen molar-refractivity contribution in [2.75, 3.05) is 4.90 Å². The van der Waals surface area contributed by atoms with E-state index in [9.17, 15) is 0 Å². The summed E-state index contributed by atoms with van der Waals surface area (Å²) < 4.78 is 5.04. The van der Waals surface area contributed by atoms with Gasteiger partial charge in [-0.1, -0.05) is 141 Å². The molecule has 0 saturated carbocycles. The second-order valence-electron chi connectivity index (χ2n) is 14.9. The monoisotopic (exact) mass is 708 g/mol. The molecule has 0 aliphatic heterocycles. The molecule has 1 aliphatic carbocycles. The third-order valence-corrected chi connectivity index (χ3v) is 12.7. The van der Waals surface area contributed by atoms with Crippen LogP contribution in [0.25, 0.3) is 69.9 Å². The van der Waals surface area contributed by atoms with Crippen LogP contribution < -0.4 is 4.90 Å². The Hall–Kier alpha value is -6.42. The molecule has 54 heavy (non-hydrogen) atoms. The fraction of sp³-hybridized carbons (Fsp3) is 0.0588. The highest BCUT2D eigenvalue weighted by Gasteiger charge is 2.38. The van der Waals surface area contributed by atoms with E-state index in [1.165, 1.54) is 75.4 Å². The summed E-state index contributed by atoms with van der Waals surface area (Å²) in [4.78, 5) is 2.50. The maximum Gasteiger partial charge on any atom is 0.0702 e. The van der Waals surface area contributed by atoms with Gasteiger partial charge < -0.3 is 9.47 Å². The molecule has 0 fully saturated rings. The Balaban J connectivity index is 1.24. The molecular formula is C51H36N2S. The summed E-state index contributed by atoms with van der Waals surface area (Å²) in [5.41, 5.74) is 14.6. The number of anilines is 3. The fourth-order valence-electron chi connectivity index (χ4n) is 9.19. The minimum Gasteiger partial charge on any atom is -0.308 e. The number of hydrogen-bond acceptors (Lipinski definition) is 2. The number of para-hydroxylation sites is 4. The smallest absolute Gasteiger partial charge is 0.0702 e. The topological polar surface area (TPSA) is 8.17 Å². The highest BCUT2D eigenvalue weighted by atomic mass is 32.1. The average molecular weight is 709 g/mol. The summed E-state index contributed by atoms with van der Waals surface area (Å²) in [7, 11) is 0. The molecule has 10 aromatic rings. The number of thiophene rings is 1. The van der Waals surface area contributed by atoms with Crippen LogP contribution in [-0.4, -0.2) is 4.57 Å². The lowest BCUT2D eigenvalue weighted by molar-refractivity contribution is 0.662. The van der Waals surface area contributed by atoms with Crippen LogP contribution in [0.3, 0.4) is 0 Å². The lowest BCUT2D eigenvalue weighted by Crippen LogP contribution is -2.17. The molecule has 0 N–H and O–H groups in total. The molecule has 11 rings (SSSR count). The van der Waals surface area contributed by atoms with Crippen molar-refractivity contribution in [2.45, 2.75) is 19.3 Å². The van der Waals surface area contributed by atoms with Crippen LogP contribution in [0.1, 0.15) is 25.0 Å². The second-order valence-corrected chi connectivity index (χ2v) is 16.0. The number of rotatable bonds is 5. The molecule has 0 unspecified atom stereocenters. The lowest BCUT2D eigenvalue weighted by Gasteiger charge is -2.31. The van der Waals surface area contributed by atoms with Crippen LogP contribution in [0.15, 0.2) is 182 Å². The summed E-state index contributed by atoms with van der Waals surface area (Å²) in [6.45, 7) is 4.77. The SMILES string of the molecule is CC1(C)c2ccccc2-c2cc(N(c3ccc4c(c3)sc3ccccc34)c3ccccc3-n3c4ccccc4c4ccccc43)cc(-c3ccccc3)c21. The van der Waals surface area contributed by atoms with Gasteiger partial charge in [0.1, 0.15) is 0 Å². The highest BCUT2D eigenvalue weighted by molar-refractivity contribution is 7.25. The molecule has 2 heterocycles. The van der Waals surface area contributed by atoms with Crippen LogP contribution in [0, 0.1) is 0 Å². The fourth-order valence-corrected chi connectivity index (χ4v) is 10.3. The normalized spacial score (nSPS) is 13.1. The summed E-state index contributed by atoms with van der Waals surface area (Å²) in [5.74, 6) is 0. The molecule has 0 atom stereocenters. The van der Waals surface area contributed by atoms with Crippen LogP contribution >= 0.6 is 11.3 Å². The largest absolute Gasteiger partial charge is 0.308 e. The second kappa shape index (κ2) is 11.8. The van der Waals surface area contributed by atoms with E-state index >= 15 is 0 Å². The Kier molecular flexibility index (Phi) is 6.80. The third kappa shape index (κ3) is 4.52. The number of benzene rings is 8. The zero-order valence-corrected chi connectivity index (χ0v) is 30.9. The molecule has 3 heteroatoms. The molecule has 0 amide bonds. The molecule has 2 aromatic heterocycles. The van der Waals surface area contributed by atoms with Gasteiger partial charge in [0, 0.05) is 47.7 Å². The first-order chi connectivity index (χ1) is 26.6. The number of fused-ring (bicyclic) bond motifs is 9. The summed E-state index contributed by atoms with van der Waals surface area (Å²) in [6.07, 6.45) is 0. The molecule has 1 aliphatic rings. The van der Waals surface area contributed by atoms with Crippen molar-refractivity contribution in [2.24, 2.45) is 0 Å². The standard InChI is InChI=1S/C51H36N2S/c1-51(2)43-22-10-6-18-36(43)42-31-35(30-41(50(42)51)33-16-4-3-5-17-33)52(34-28-29-40-39-21-9-15-27-48(39)54-49(40)32-34)46-25-13-14-26-47(46)53-44-23-11-7-19-37(44)38-20-8-12-24-45(38)53/h3-32H,1-2H3. The summed E-state index contributed by atoms with van der Waals surface area (Å²) >= 11 is 1.87. The van der Waals surface area contributed by atoms with E-state index < -0.39 is 0 Å². The van der Waals surface area contributed by atoms with Crippen LogP contribution in [0.4, 0.5) is 17.1 Å². The van der Waals surface area contributed by atoms with Crippen molar-refractivity contribution in [1.29, 1.82) is 0 Å². The zero-order chi connectivity index (χ0) is 36.0. The Bertz CT molecular complexity index is 3040. The van der Waals surface area contributed by atoms with E-state index in [0.29, 0.717) is 0 Å². The Morgan fingerprint density at radius 2 is 1.07 bits per heavy atom. The van der Waals surface area contributed by atoms with Gasteiger partial charge in [0.25, 0.3) is 0 Å². The van der Waals surface area contributed by atoms with Gasteiger partial charge in [-0.2, -0.15) is 0 Å². The molecule has 0 saturated heterocycles. The summed E-state index contributed by atoms with van der Waals surface area (Å²) in [6, 6.07) is 67.2. The predicted molar refractivity (Wildman–Crippen MR) is 231 cm³/mol. The minimum absolute atomic E-state index is 0.155. The minimum atomic E-state index is -0.155. The predicted octanol–water partition coefficient (Wildman–Crippen LogP) is 14.6. The van der Waals surface area contributed by atoms with Gasteiger partial charge in [-0.15, -0.1) is 11.3 Å². The number of aromatic nitrogens is 1. The number of hydrogen-bond donors (Lipinski definition) is 0. The zero-order valence-electron chi connectivity index (χ0n) is 30.1. The van der Waals surface area contributed by atoms with E-state index in [1.807, 2.05) is 11.3 Å². The quantitative estimate of drug-likeness (QED) is 0.173. The number of nitrogens with zero attached hydrogens (tertiary/aromatic N) is 2. The average Bonchev–Trinajstić information content (AvgIpc) is 3.84. The van der Waals surface area contributed by atoms with E-state index in [-0.39, 0.29) is 5.41 Å². The first-order valence-electron chi connectivity index (χ1n) is 18.7. The maximum absolute atomic E-state index is 2.50. The van der Waals surface area contributed by atoms with Gasteiger partial charge in [0.15, 0.2) is 0 Å². The van der Waals surface area contributed by atoms with Gasteiger partial charge in [-0.3, -0.25) is 0 Å². The van der Waals surface area contributed by atoms with Crippen molar-refractivity contribution >= 4 is 70.4 Å². The first kappa shape index (κ1) is 31.1. The van der Waals surface area contributed by atoms with E-state index in [1.54, 1.807) is 0 Å². The van der Waals surface area contributed by atoms with E-state index in [4.69, 9.17) is 0 Å². The van der Waals surface area contributed by atoms with Gasteiger partial charge in [0.2, 0.25) is 0 Å². The maximum atomic E-state index is 2.50. The van der Waals surface area contributed by atoms with Crippen LogP contribution in [-0.2, 0) is 5.41 Å². The van der Waals surface area contributed by atoms with Crippen LogP contribution in [0.5, 0.6) is 0 Å². The molecule has 256 valence electrons. The van der Waals surface area contributed by atoms with Crippen molar-refractivity contribution < 1.29 is 0 Å². The Morgan fingerprint density at radius 1 is 0.463 bits per heavy atom. The van der Waals surface area contributed by atoms with Gasteiger partial charge in [-0.25, -0.2) is 0 Å². The summed E-state index contributed by atoms with van der Waals surface area (Å²) in [5, 5.41) is 5.11.